The maximum Gasteiger partial charge on any atom is 0.335 e. The largest absolute Gasteiger partial charge is 0.466 e. The van der Waals surface area contributed by atoms with Crippen LogP contribution in [0.1, 0.15) is 25.3 Å². The number of methoxy groups -OCH3 is 1. The molecule has 1 aromatic carbocycles. The maximum atomic E-state index is 12.8. The van der Waals surface area contributed by atoms with Crippen molar-refractivity contribution in [3.05, 3.63) is 53.3 Å². The van der Waals surface area contributed by atoms with Crippen LogP contribution in [-0.4, -0.2) is 41.0 Å². The van der Waals surface area contributed by atoms with E-state index in [1.54, 1.807) is 0 Å². The fourth-order valence-electron chi connectivity index (χ4n) is 5.98. The molecular weight excluding hydrogens is 439 g/mol. The van der Waals surface area contributed by atoms with Gasteiger partial charge in [0.2, 0.25) is 0 Å². The second kappa shape index (κ2) is 5.58. The summed E-state index contributed by atoms with van der Waals surface area (Å²) in [5.74, 6) is -0.188. The summed E-state index contributed by atoms with van der Waals surface area (Å²) in [6, 6.07) is 8.97. The number of fused-ring (bicyclic) bond motifs is 1. The first kappa shape index (κ1) is 16.8. The molecule has 0 bridgehead atoms. The summed E-state index contributed by atoms with van der Waals surface area (Å²) < 4.78 is 5.64. The molecule has 3 heterocycles. The van der Waals surface area contributed by atoms with Gasteiger partial charge >= 0.3 is 5.97 Å². The molecule has 4 aliphatic rings. The minimum absolute atomic E-state index is 0.0541. The van der Waals surface area contributed by atoms with Crippen molar-refractivity contribution in [1.29, 1.82) is 0 Å². The van der Waals surface area contributed by atoms with Crippen molar-refractivity contribution in [2.75, 3.05) is 25.5 Å². The van der Waals surface area contributed by atoms with Crippen LogP contribution in [0.15, 0.2) is 47.7 Å². The molecule has 1 aliphatic carbocycles. The molecule has 26 heavy (non-hydrogen) atoms. The summed E-state index contributed by atoms with van der Waals surface area (Å²) in [6.07, 6.45) is 6.49. The lowest BCUT2D eigenvalue weighted by Crippen LogP contribution is -2.61. The molecule has 1 N–H and O–H groups in total. The average molecular weight is 462 g/mol. The highest BCUT2D eigenvalue weighted by atomic mass is 127. The molecular formula is C21H23IN2O2. The third-order valence-electron chi connectivity index (χ3n) is 6.97. The molecule has 0 amide bonds. The fourth-order valence-corrected chi connectivity index (χ4v) is 6.75. The van der Waals surface area contributed by atoms with E-state index in [2.05, 4.69) is 76.1 Å². The van der Waals surface area contributed by atoms with Crippen LogP contribution in [-0.2, 0) is 14.9 Å². The number of nitrogens with one attached hydrogen (secondary N) is 1. The second-order valence-electron chi connectivity index (χ2n) is 7.94. The van der Waals surface area contributed by atoms with Gasteiger partial charge in [-0.2, -0.15) is 0 Å². The third kappa shape index (κ3) is 1.86. The van der Waals surface area contributed by atoms with Crippen molar-refractivity contribution >= 4 is 34.2 Å². The van der Waals surface area contributed by atoms with Gasteiger partial charge in [0, 0.05) is 39.9 Å². The van der Waals surface area contributed by atoms with E-state index >= 15 is 0 Å². The predicted molar refractivity (Wildman–Crippen MR) is 110 cm³/mol. The first-order valence-electron chi connectivity index (χ1n) is 9.29. The van der Waals surface area contributed by atoms with Crippen LogP contribution < -0.4 is 5.32 Å². The molecule has 3 unspecified atom stereocenters. The standard InChI is InChI=1S/C21H23IN2O2/c1-13(22)20-8-5-10-24-11-9-21(19(20)24)15-6-3-4-7-16(15)23-17(21)14(12-20)18(25)26-2/h3-8,13,19,23H,9-12H2,1-2H3/t13?,19?,20-,21?/m0/s1. The van der Waals surface area contributed by atoms with Crippen molar-refractivity contribution in [3.63, 3.8) is 0 Å². The van der Waals surface area contributed by atoms with Crippen LogP contribution >= 0.6 is 22.6 Å². The van der Waals surface area contributed by atoms with E-state index in [-0.39, 0.29) is 16.8 Å². The van der Waals surface area contributed by atoms with Gasteiger partial charge in [-0.05, 0) is 24.5 Å². The minimum atomic E-state index is -0.188. The van der Waals surface area contributed by atoms with E-state index in [1.807, 2.05) is 0 Å². The normalized spacial score (nSPS) is 35.4. The van der Waals surface area contributed by atoms with Gasteiger partial charge in [0.05, 0.1) is 18.1 Å². The molecule has 1 saturated heterocycles. The number of nitrogens with zero attached hydrogens (tertiary/aromatic N) is 1. The average Bonchev–Trinajstić information content (AvgIpc) is 3.21. The van der Waals surface area contributed by atoms with Crippen molar-refractivity contribution in [1.82, 2.24) is 4.90 Å². The molecule has 136 valence electrons. The van der Waals surface area contributed by atoms with Gasteiger partial charge in [-0.1, -0.05) is 59.9 Å². The van der Waals surface area contributed by atoms with Gasteiger partial charge in [0.1, 0.15) is 0 Å². The van der Waals surface area contributed by atoms with Crippen LogP contribution in [0.4, 0.5) is 5.69 Å². The SMILES string of the molecule is COC(=O)C1=C2Nc3ccccc3C23CCN2CC=C[C@@](C(C)I)(C1)C23. The summed E-state index contributed by atoms with van der Waals surface area (Å²) in [7, 11) is 1.49. The number of carbonyl (C=O) groups is 1. The molecule has 0 radical (unpaired) electrons. The lowest BCUT2D eigenvalue weighted by Gasteiger charge is -2.55. The van der Waals surface area contributed by atoms with Crippen LogP contribution in [0.3, 0.4) is 0 Å². The summed E-state index contributed by atoms with van der Waals surface area (Å²) in [5, 5.41) is 3.63. The number of alkyl halides is 1. The highest BCUT2D eigenvalue weighted by Crippen LogP contribution is 2.64. The van der Waals surface area contributed by atoms with Crippen molar-refractivity contribution < 1.29 is 9.53 Å². The topological polar surface area (TPSA) is 41.6 Å². The third-order valence-corrected chi connectivity index (χ3v) is 8.13. The number of ether oxygens (including phenoxy) is 1. The Hall–Kier alpha value is -1.34. The highest BCUT2D eigenvalue weighted by Gasteiger charge is 2.66. The number of para-hydroxylation sites is 1. The number of esters is 1. The number of hydrogen-bond donors (Lipinski definition) is 1. The van der Waals surface area contributed by atoms with Crippen molar-refractivity contribution in [3.8, 4) is 0 Å². The molecule has 1 aromatic rings. The number of benzene rings is 1. The molecule has 3 aliphatic heterocycles. The van der Waals surface area contributed by atoms with Crippen LogP contribution in [0.5, 0.6) is 0 Å². The number of anilines is 1. The maximum absolute atomic E-state index is 12.8. The van der Waals surface area contributed by atoms with E-state index in [0.717, 1.165) is 42.9 Å². The summed E-state index contributed by atoms with van der Waals surface area (Å²) in [6.45, 7) is 4.35. The van der Waals surface area contributed by atoms with Gasteiger partial charge in [-0.15, -0.1) is 0 Å². The molecule has 5 heteroatoms. The number of halogens is 1. The van der Waals surface area contributed by atoms with E-state index in [1.165, 1.54) is 12.7 Å². The van der Waals surface area contributed by atoms with Gasteiger partial charge < -0.3 is 10.1 Å². The summed E-state index contributed by atoms with van der Waals surface area (Å²) in [5.41, 5.74) is 4.24. The lowest BCUT2D eigenvalue weighted by molar-refractivity contribution is -0.137. The minimum Gasteiger partial charge on any atom is -0.466 e. The Bertz CT molecular complexity index is 861. The Morgan fingerprint density at radius 3 is 3.00 bits per heavy atom. The molecule has 4 nitrogen and oxygen atoms in total. The van der Waals surface area contributed by atoms with E-state index in [9.17, 15) is 4.79 Å². The highest BCUT2D eigenvalue weighted by molar-refractivity contribution is 14.1. The van der Waals surface area contributed by atoms with Crippen LogP contribution in [0.2, 0.25) is 0 Å². The Kier molecular flexibility index (Phi) is 3.61. The zero-order valence-electron chi connectivity index (χ0n) is 15.1. The smallest absolute Gasteiger partial charge is 0.335 e. The molecule has 1 spiro atoms. The van der Waals surface area contributed by atoms with Crippen LogP contribution in [0.25, 0.3) is 0 Å². The number of hydrogen-bond acceptors (Lipinski definition) is 4. The molecule has 0 saturated carbocycles. The van der Waals surface area contributed by atoms with E-state index < -0.39 is 0 Å². The predicted octanol–water partition coefficient (Wildman–Crippen LogP) is 3.63. The second-order valence-corrected chi connectivity index (χ2v) is 9.81. The number of carbonyl (C=O) groups excluding carboxylic acids is 1. The monoisotopic (exact) mass is 462 g/mol. The molecule has 0 aromatic heterocycles. The Morgan fingerprint density at radius 1 is 1.42 bits per heavy atom. The first-order chi connectivity index (χ1) is 12.5. The first-order valence-corrected chi connectivity index (χ1v) is 10.5. The lowest BCUT2D eigenvalue weighted by atomic mass is 9.55. The quantitative estimate of drug-likeness (QED) is 0.316. The van der Waals surface area contributed by atoms with Crippen molar-refractivity contribution in [2.45, 2.75) is 35.1 Å². The molecule has 5 rings (SSSR count). The number of rotatable bonds is 2. The van der Waals surface area contributed by atoms with E-state index in [4.69, 9.17) is 4.74 Å². The summed E-state index contributed by atoms with van der Waals surface area (Å²) >= 11 is 2.56. The van der Waals surface area contributed by atoms with Gasteiger partial charge in [-0.3, -0.25) is 4.90 Å². The van der Waals surface area contributed by atoms with Gasteiger partial charge in [-0.25, -0.2) is 4.79 Å². The Morgan fingerprint density at radius 2 is 2.23 bits per heavy atom. The Labute approximate surface area is 167 Å². The zero-order valence-corrected chi connectivity index (χ0v) is 17.2. The fraction of sp³-hybridized carbons (Fsp3) is 0.476. The van der Waals surface area contributed by atoms with Gasteiger partial charge in [0.25, 0.3) is 0 Å². The van der Waals surface area contributed by atoms with Crippen LogP contribution in [0, 0.1) is 5.41 Å². The molecule has 4 atom stereocenters. The van der Waals surface area contributed by atoms with Gasteiger partial charge in [0.15, 0.2) is 0 Å². The zero-order chi connectivity index (χ0) is 18.1. The van der Waals surface area contributed by atoms with Crippen molar-refractivity contribution in [2.24, 2.45) is 5.41 Å². The Balaban J connectivity index is 1.84. The summed E-state index contributed by atoms with van der Waals surface area (Å²) in [4.78, 5) is 15.4. The molecule has 1 fully saturated rings. The van der Waals surface area contributed by atoms with E-state index in [0.29, 0.717) is 9.97 Å².